The summed E-state index contributed by atoms with van der Waals surface area (Å²) in [6, 6.07) is 5.35. The highest BCUT2D eigenvalue weighted by Crippen LogP contribution is 2.22. The Labute approximate surface area is 135 Å². The van der Waals surface area contributed by atoms with Gasteiger partial charge in [-0.3, -0.25) is 4.72 Å². The number of halogens is 1. The largest absolute Gasteiger partial charge is 0.347 e. The molecule has 0 bridgehead atoms. The van der Waals surface area contributed by atoms with Crippen LogP contribution < -0.4 is 9.62 Å². The number of hydrogen-bond acceptors (Lipinski definition) is 5. The minimum atomic E-state index is -3.64. The summed E-state index contributed by atoms with van der Waals surface area (Å²) < 4.78 is 40.0. The van der Waals surface area contributed by atoms with Crippen LogP contribution in [0.1, 0.15) is 17.0 Å². The van der Waals surface area contributed by atoms with Crippen molar-refractivity contribution >= 4 is 21.7 Å². The molecule has 0 amide bonds. The Morgan fingerprint density at radius 1 is 1.09 bits per heavy atom. The summed E-state index contributed by atoms with van der Waals surface area (Å²) in [5.74, 6) is -0.137. The van der Waals surface area contributed by atoms with E-state index in [1.807, 2.05) is 14.1 Å². The smallest absolute Gasteiger partial charge is 0.237 e. The van der Waals surface area contributed by atoms with Crippen LogP contribution in [0.25, 0.3) is 0 Å². The van der Waals surface area contributed by atoms with Crippen molar-refractivity contribution in [1.82, 2.24) is 9.97 Å². The van der Waals surface area contributed by atoms with Gasteiger partial charge in [0.15, 0.2) is 0 Å². The van der Waals surface area contributed by atoms with E-state index in [1.54, 1.807) is 18.7 Å². The Kier molecular flexibility index (Phi) is 4.84. The summed E-state index contributed by atoms with van der Waals surface area (Å²) in [7, 11) is -0.0205. The molecule has 124 valence electrons. The van der Waals surface area contributed by atoms with Gasteiger partial charge in [0.25, 0.3) is 0 Å². The van der Waals surface area contributed by atoms with Crippen molar-refractivity contribution < 1.29 is 12.8 Å². The maximum Gasteiger partial charge on any atom is 0.237 e. The van der Waals surface area contributed by atoms with E-state index in [1.165, 1.54) is 24.3 Å². The molecule has 0 fully saturated rings. The lowest BCUT2D eigenvalue weighted by atomic mass is 10.2. The van der Waals surface area contributed by atoms with Crippen molar-refractivity contribution in [2.24, 2.45) is 0 Å². The summed E-state index contributed by atoms with van der Waals surface area (Å²) >= 11 is 0. The molecule has 0 aliphatic carbocycles. The monoisotopic (exact) mass is 338 g/mol. The van der Waals surface area contributed by atoms with Gasteiger partial charge in [-0.15, -0.1) is 0 Å². The fraction of sp³-hybridized carbons (Fsp3) is 0.333. The zero-order chi connectivity index (χ0) is 17.2. The SMILES string of the molecule is Cc1nc(N(C)C)nc(C)c1NS(=O)(=O)Cc1ccc(F)cc1. The Hall–Kier alpha value is -2.22. The summed E-state index contributed by atoms with van der Waals surface area (Å²) in [4.78, 5) is 10.3. The number of aromatic nitrogens is 2. The van der Waals surface area contributed by atoms with Crippen molar-refractivity contribution in [2.45, 2.75) is 19.6 Å². The van der Waals surface area contributed by atoms with E-state index in [0.29, 0.717) is 28.6 Å². The van der Waals surface area contributed by atoms with Crippen molar-refractivity contribution in [3.8, 4) is 0 Å². The molecule has 0 radical (unpaired) electrons. The molecule has 0 saturated carbocycles. The molecule has 1 aromatic heterocycles. The molecule has 8 heteroatoms. The zero-order valence-corrected chi connectivity index (χ0v) is 14.3. The van der Waals surface area contributed by atoms with E-state index >= 15 is 0 Å². The molecule has 0 unspecified atom stereocenters. The van der Waals surface area contributed by atoms with Crippen molar-refractivity contribution in [3.05, 3.63) is 47.0 Å². The summed E-state index contributed by atoms with van der Waals surface area (Å²) in [5, 5.41) is 0. The van der Waals surface area contributed by atoms with Gasteiger partial charge in [0.05, 0.1) is 22.8 Å². The first-order valence-corrected chi connectivity index (χ1v) is 8.60. The lowest BCUT2D eigenvalue weighted by Crippen LogP contribution is -2.19. The highest BCUT2D eigenvalue weighted by atomic mass is 32.2. The number of rotatable bonds is 5. The number of benzene rings is 1. The second kappa shape index (κ2) is 6.49. The van der Waals surface area contributed by atoms with Gasteiger partial charge in [-0.25, -0.2) is 22.8 Å². The number of hydrogen-bond donors (Lipinski definition) is 1. The van der Waals surface area contributed by atoms with E-state index in [9.17, 15) is 12.8 Å². The molecular weight excluding hydrogens is 319 g/mol. The normalized spacial score (nSPS) is 11.3. The quantitative estimate of drug-likeness (QED) is 0.905. The minimum Gasteiger partial charge on any atom is -0.347 e. The van der Waals surface area contributed by atoms with Crippen LogP contribution in [0, 0.1) is 19.7 Å². The third kappa shape index (κ3) is 4.38. The van der Waals surface area contributed by atoms with Gasteiger partial charge in [0, 0.05) is 14.1 Å². The zero-order valence-electron chi connectivity index (χ0n) is 13.5. The van der Waals surface area contributed by atoms with Crippen LogP contribution in [0.5, 0.6) is 0 Å². The molecule has 0 atom stereocenters. The van der Waals surface area contributed by atoms with E-state index in [4.69, 9.17) is 0 Å². The van der Waals surface area contributed by atoms with Gasteiger partial charge >= 0.3 is 0 Å². The van der Waals surface area contributed by atoms with Gasteiger partial charge in [-0.2, -0.15) is 0 Å². The predicted molar refractivity (Wildman–Crippen MR) is 88.5 cm³/mol. The Morgan fingerprint density at radius 2 is 1.61 bits per heavy atom. The highest BCUT2D eigenvalue weighted by Gasteiger charge is 2.17. The summed E-state index contributed by atoms with van der Waals surface area (Å²) in [6.45, 7) is 3.44. The Bertz CT molecular complexity index is 782. The molecule has 1 aromatic carbocycles. The molecule has 6 nitrogen and oxygen atoms in total. The maximum absolute atomic E-state index is 12.9. The molecular formula is C15H19FN4O2S. The van der Waals surface area contributed by atoms with Crippen molar-refractivity contribution in [1.29, 1.82) is 0 Å². The topological polar surface area (TPSA) is 75.2 Å². The molecule has 0 spiro atoms. The lowest BCUT2D eigenvalue weighted by Gasteiger charge is -2.16. The van der Waals surface area contributed by atoms with Crippen LogP contribution in [0.4, 0.5) is 16.0 Å². The second-order valence-corrected chi connectivity index (χ2v) is 7.17. The number of nitrogens with zero attached hydrogens (tertiary/aromatic N) is 3. The first kappa shape index (κ1) is 17.1. The number of aryl methyl sites for hydroxylation is 2. The van der Waals surface area contributed by atoms with Gasteiger partial charge < -0.3 is 4.90 Å². The van der Waals surface area contributed by atoms with Crippen LogP contribution in [0.2, 0.25) is 0 Å². The van der Waals surface area contributed by atoms with E-state index < -0.39 is 15.8 Å². The van der Waals surface area contributed by atoms with E-state index in [0.717, 1.165) is 0 Å². The van der Waals surface area contributed by atoms with Gasteiger partial charge in [0.1, 0.15) is 5.82 Å². The highest BCUT2D eigenvalue weighted by molar-refractivity contribution is 7.91. The number of nitrogens with one attached hydrogen (secondary N) is 1. The first-order chi connectivity index (χ1) is 10.7. The van der Waals surface area contributed by atoms with Crippen LogP contribution in [0.15, 0.2) is 24.3 Å². The molecule has 2 rings (SSSR count). The van der Waals surface area contributed by atoms with Crippen molar-refractivity contribution in [3.63, 3.8) is 0 Å². The van der Waals surface area contributed by atoms with Crippen molar-refractivity contribution in [2.75, 3.05) is 23.7 Å². The van der Waals surface area contributed by atoms with Crippen LogP contribution >= 0.6 is 0 Å². The average Bonchev–Trinajstić information content (AvgIpc) is 2.45. The second-order valence-electron chi connectivity index (χ2n) is 5.45. The van der Waals surface area contributed by atoms with Crippen LogP contribution in [-0.4, -0.2) is 32.5 Å². The van der Waals surface area contributed by atoms with Crippen LogP contribution in [0.3, 0.4) is 0 Å². The molecule has 0 aliphatic heterocycles. The third-order valence-electron chi connectivity index (χ3n) is 3.19. The summed E-state index contributed by atoms with van der Waals surface area (Å²) in [5.41, 5.74) is 1.96. The van der Waals surface area contributed by atoms with Gasteiger partial charge in [-0.05, 0) is 31.5 Å². The standard InChI is InChI=1S/C15H19FN4O2S/c1-10-14(11(2)18-15(17-10)20(3)4)19-23(21,22)9-12-5-7-13(16)8-6-12/h5-8,19H,9H2,1-4H3. The average molecular weight is 338 g/mol. The summed E-state index contributed by atoms with van der Waals surface area (Å²) in [6.07, 6.45) is 0. The third-order valence-corrected chi connectivity index (χ3v) is 4.42. The molecule has 1 heterocycles. The molecule has 2 aromatic rings. The molecule has 0 saturated heterocycles. The number of sulfonamides is 1. The lowest BCUT2D eigenvalue weighted by molar-refractivity contribution is 0.599. The first-order valence-electron chi connectivity index (χ1n) is 6.95. The van der Waals surface area contributed by atoms with E-state index in [-0.39, 0.29) is 5.75 Å². The van der Waals surface area contributed by atoms with Gasteiger partial charge in [-0.1, -0.05) is 12.1 Å². The molecule has 1 N–H and O–H groups in total. The Balaban J connectivity index is 2.25. The van der Waals surface area contributed by atoms with Gasteiger partial charge in [0.2, 0.25) is 16.0 Å². The minimum absolute atomic E-state index is 0.248. The molecule has 0 aliphatic rings. The predicted octanol–water partition coefficient (Wildman–Crippen LogP) is 2.24. The van der Waals surface area contributed by atoms with E-state index in [2.05, 4.69) is 14.7 Å². The number of anilines is 2. The Morgan fingerprint density at radius 3 is 2.09 bits per heavy atom. The maximum atomic E-state index is 12.9. The molecule has 23 heavy (non-hydrogen) atoms. The fourth-order valence-corrected chi connectivity index (χ4v) is 3.35. The van der Waals surface area contributed by atoms with Crippen LogP contribution in [-0.2, 0) is 15.8 Å². The fourth-order valence-electron chi connectivity index (χ4n) is 2.04.